The lowest BCUT2D eigenvalue weighted by molar-refractivity contribution is 0.102. The van der Waals surface area contributed by atoms with E-state index in [4.69, 9.17) is 4.42 Å². The maximum atomic E-state index is 12.3. The highest BCUT2D eigenvalue weighted by Gasteiger charge is 2.11. The fourth-order valence-electron chi connectivity index (χ4n) is 2.15. The molecule has 0 fully saturated rings. The second-order valence-corrected chi connectivity index (χ2v) is 4.91. The molecule has 0 amide bonds. The van der Waals surface area contributed by atoms with Crippen LogP contribution in [0.3, 0.4) is 0 Å². The summed E-state index contributed by atoms with van der Waals surface area (Å²) in [6.45, 7) is 0. The van der Waals surface area contributed by atoms with Gasteiger partial charge in [-0.25, -0.2) is 0 Å². The minimum Gasteiger partial charge on any atom is -0.506 e. The smallest absolute Gasteiger partial charge is 0.223 e. The van der Waals surface area contributed by atoms with Gasteiger partial charge in [0.2, 0.25) is 5.78 Å². The summed E-state index contributed by atoms with van der Waals surface area (Å²) in [5.74, 6) is 0.120. The lowest BCUT2D eigenvalue weighted by Gasteiger charge is -2.12. The Morgan fingerprint density at radius 1 is 0.957 bits per heavy atom. The van der Waals surface area contributed by atoms with Gasteiger partial charge in [0.15, 0.2) is 5.76 Å². The summed E-state index contributed by atoms with van der Waals surface area (Å²) in [7, 11) is 0. The summed E-state index contributed by atoms with van der Waals surface area (Å²) in [5.41, 5.74) is 1.93. The molecule has 0 aliphatic rings. The topological polar surface area (TPSA) is 62.5 Å². The Kier molecular flexibility index (Phi) is 4.25. The van der Waals surface area contributed by atoms with E-state index in [9.17, 15) is 9.90 Å². The number of hydrogen-bond donors (Lipinski definition) is 2. The molecule has 4 nitrogen and oxygen atoms in total. The van der Waals surface area contributed by atoms with E-state index in [1.807, 2.05) is 30.3 Å². The number of phenolic OH excluding ortho intramolecular Hbond substituents is 1. The average molecular weight is 305 g/mol. The van der Waals surface area contributed by atoms with Crippen molar-refractivity contribution in [3.63, 3.8) is 0 Å². The molecule has 0 unspecified atom stereocenters. The molecule has 3 rings (SSSR count). The number of benzene rings is 2. The highest BCUT2D eigenvalue weighted by atomic mass is 16.3. The molecule has 0 saturated carbocycles. The van der Waals surface area contributed by atoms with Crippen LogP contribution in [0.1, 0.15) is 16.1 Å². The van der Waals surface area contributed by atoms with Gasteiger partial charge in [-0.05, 0) is 29.8 Å². The number of carbonyl (C=O) groups excluding carboxylic acids is 1. The number of carbonyl (C=O) groups is 1. The van der Waals surface area contributed by atoms with Gasteiger partial charge in [-0.15, -0.1) is 0 Å². The summed E-state index contributed by atoms with van der Waals surface area (Å²) in [6, 6.07) is 19.6. The van der Waals surface area contributed by atoms with Crippen molar-refractivity contribution in [3.8, 4) is 5.75 Å². The van der Waals surface area contributed by atoms with Gasteiger partial charge in [0.25, 0.3) is 0 Å². The Morgan fingerprint density at radius 2 is 1.70 bits per heavy atom. The minimum atomic E-state index is -0.253. The van der Waals surface area contributed by atoms with Gasteiger partial charge in [0.05, 0.1) is 12.0 Å². The molecule has 3 aromatic rings. The summed E-state index contributed by atoms with van der Waals surface area (Å²) >= 11 is 0. The summed E-state index contributed by atoms with van der Waals surface area (Å²) < 4.78 is 5.13. The molecular formula is C19H15NO3. The van der Waals surface area contributed by atoms with Gasteiger partial charge in [-0.3, -0.25) is 4.79 Å². The molecule has 0 spiro atoms. The van der Waals surface area contributed by atoms with E-state index in [1.165, 1.54) is 12.3 Å². The molecule has 0 aliphatic carbocycles. The van der Waals surface area contributed by atoms with E-state index in [0.29, 0.717) is 11.4 Å². The molecule has 1 aromatic heterocycles. The van der Waals surface area contributed by atoms with Gasteiger partial charge in [0.1, 0.15) is 5.75 Å². The summed E-state index contributed by atoms with van der Waals surface area (Å²) in [4.78, 5) is 12.3. The second kappa shape index (κ2) is 6.66. The van der Waals surface area contributed by atoms with Crippen LogP contribution in [-0.4, -0.2) is 10.9 Å². The number of anilines is 1. The Balaban J connectivity index is 1.98. The Labute approximate surface area is 133 Å². The molecule has 1 heterocycles. The normalized spacial score (nSPS) is 11.2. The van der Waals surface area contributed by atoms with E-state index < -0.39 is 0 Å². The first-order valence-corrected chi connectivity index (χ1v) is 7.14. The van der Waals surface area contributed by atoms with Crippen LogP contribution in [0.2, 0.25) is 0 Å². The van der Waals surface area contributed by atoms with Gasteiger partial charge in [-0.1, -0.05) is 42.5 Å². The number of hydrogen-bond acceptors (Lipinski definition) is 4. The van der Waals surface area contributed by atoms with Crippen LogP contribution in [0, 0.1) is 0 Å². The van der Waals surface area contributed by atoms with Crippen LogP contribution in [0.5, 0.6) is 5.75 Å². The average Bonchev–Trinajstić information content (AvgIpc) is 3.11. The predicted molar refractivity (Wildman–Crippen MR) is 89.2 cm³/mol. The number of para-hydroxylation sites is 2. The van der Waals surface area contributed by atoms with Gasteiger partial charge < -0.3 is 14.8 Å². The Bertz CT molecular complexity index is 821. The SMILES string of the molecule is O=C(/C=C(\Nc1ccccc1O)c1ccccc1)c1ccco1. The Hall–Kier alpha value is -3.27. The molecule has 0 atom stereocenters. The van der Waals surface area contributed by atoms with Crippen LogP contribution in [0.4, 0.5) is 5.69 Å². The van der Waals surface area contributed by atoms with E-state index in [0.717, 1.165) is 5.56 Å². The highest BCUT2D eigenvalue weighted by molar-refractivity contribution is 6.08. The predicted octanol–water partition coefficient (Wildman–Crippen LogP) is 4.32. The van der Waals surface area contributed by atoms with Crippen LogP contribution in [-0.2, 0) is 0 Å². The third-order valence-corrected chi connectivity index (χ3v) is 3.30. The van der Waals surface area contributed by atoms with Crippen LogP contribution in [0.15, 0.2) is 83.5 Å². The van der Waals surface area contributed by atoms with Crippen molar-refractivity contribution < 1.29 is 14.3 Å². The van der Waals surface area contributed by atoms with Crippen molar-refractivity contribution in [2.45, 2.75) is 0 Å². The standard InChI is InChI=1S/C19H15NO3/c21-17-10-5-4-9-15(17)20-16(14-7-2-1-3-8-14)13-18(22)19-11-6-12-23-19/h1-13,20-21H/b16-13-. The molecule has 2 N–H and O–H groups in total. The molecule has 114 valence electrons. The first kappa shape index (κ1) is 14.7. The zero-order valence-corrected chi connectivity index (χ0v) is 12.3. The first-order chi connectivity index (χ1) is 11.2. The third kappa shape index (κ3) is 3.49. The fraction of sp³-hybridized carbons (Fsp3) is 0. The largest absolute Gasteiger partial charge is 0.506 e. The quantitative estimate of drug-likeness (QED) is 0.418. The van der Waals surface area contributed by atoms with E-state index in [1.54, 1.807) is 36.4 Å². The Morgan fingerprint density at radius 3 is 2.39 bits per heavy atom. The number of furan rings is 1. The van der Waals surface area contributed by atoms with E-state index in [-0.39, 0.29) is 17.3 Å². The lowest BCUT2D eigenvalue weighted by atomic mass is 10.1. The van der Waals surface area contributed by atoms with Crippen molar-refractivity contribution in [1.29, 1.82) is 0 Å². The maximum Gasteiger partial charge on any atom is 0.223 e. The monoisotopic (exact) mass is 305 g/mol. The lowest BCUT2D eigenvalue weighted by Crippen LogP contribution is -2.03. The second-order valence-electron chi connectivity index (χ2n) is 4.91. The third-order valence-electron chi connectivity index (χ3n) is 3.30. The van der Waals surface area contributed by atoms with Crippen LogP contribution >= 0.6 is 0 Å². The molecule has 2 aromatic carbocycles. The molecule has 4 heteroatoms. The van der Waals surface area contributed by atoms with Gasteiger partial charge in [0, 0.05) is 11.8 Å². The van der Waals surface area contributed by atoms with E-state index >= 15 is 0 Å². The van der Waals surface area contributed by atoms with Crippen molar-refractivity contribution in [3.05, 3.63) is 90.4 Å². The molecular weight excluding hydrogens is 290 g/mol. The molecule has 0 radical (unpaired) electrons. The number of nitrogens with one attached hydrogen (secondary N) is 1. The maximum absolute atomic E-state index is 12.3. The zero-order valence-electron chi connectivity index (χ0n) is 12.3. The van der Waals surface area contributed by atoms with Crippen LogP contribution < -0.4 is 5.32 Å². The van der Waals surface area contributed by atoms with Crippen molar-refractivity contribution in [2.24, 2.45) is 0 Å². The number of aromatic hydroxyl groups is 1. The van der Waals surface area contributed by atoms with Crippen molar-refractivity contribution >= 4 is 17.2 Å². The fourth-order valence-corrected chi connectivity index (χ4v) is 2.15. The number of allylic oxidation sites excluding steroid dienone is 1. The minimum absolute atomic E-state index is 0.111. The van der Waals surface area contributed by atoms with Crippen molar-refractivity contribution in [2.75, 3.05) is 5.32 Å². The first-order valence-electron chi connectivity index (χ1n) is 7.14. The van der Waals surface area contributed by atoms with Gasteiger partial charge in [-0.2, -0.15) is 0 Å². The number of rotatable bonds is 5. The molecule has 0 saturated heterocycles. The summed E-state index contributed by atoms with van der Waals surface area (Å²) in [5, 5.41) is 13.0. The molecule has 0 bridgehead atoms. The van der Waals surface area contributed by atoms with E-state index in [2.05, 4.69) is 5.32 Å². The molecule has 23 heavy (non-hydrogen) atoms. The highest BCUT2D eigenvalue weighted by Crippen LogP contribution is 2.26. The number of ketones is 1. The van der Waals surface area contributed by atoms with Crippen LogP contribution in [0.25, 0.3) is 5.70 Å². The van der Waals surface area contributed by atoms with Gasteiger partial charge >= 0.3 is 0 Å². The van der Waals surface area contributed by atoms with Crippen molar-refractivity contribution in [1.82, 2.24) is 0 Å². The number of phenols is 1. The molecule has 0 aliphatic heterocycles. The zero-order chi connectivity index (χ0) is 16.1. The summed E-state index contributed by atoms with van der Waals surface area (Å²) in [6.07, 6.45) is 2.92.